The highest BCUT2D eigenvalue weighted by Gasteiger charge is 2.25. The zero-order chi connectivity index (χ0) is 13.9. The molecule has 0 fully saturated rings. The van der Waals surface area contributed by atoms with Gasteiger partial charge in [0.2, 0.25) is 10.0 Å². The molecule has 0 saturated carbocycles. The largest absolute Gasteiger partial charge is 0.313 e. The van der Waals surface area contributed by atoms with E-state index in [1.165, 1.54) is 5.56 Å². The van der Waals surface area contributed by atoms with Crippen LogP contribution in [0, 0.1) is 0 Å². The van der Waals surface area contributed by atoms with Crippen molar-refractivity contribution in [3.8, 4) is 0 Å². The molecule has 0 radical (unpaired) electrons. The summed E-state index contributed by atoms with van der Waals surface area (Å²) in [4.78, 5) is 0. The van der Waals surface area contributed by atoms with Gasteiger partial charge in [0.25, 0.3) is 0 Å². The van der Waals surface area contributed by atoms with Crippen LogP contribution in [0.5, 0.6) is 0 Å². The highest BCUT2D eigenvalue weighted by atomic mass is 32.2. The average molecular weight is 282 g/mol. The molecule has 0 unspecified atom stereocenters. The number of fused-ring (bicyclic) bond motifs is 1. The fourth-order valence-electron chi connectivity index (χ4n) is 2.31. The molecule has 0 amide bonds. The van der Waals surface area contributed by atoms with Crippen LogP contribution in [0.25, 0.3) is 0 Å². The maximum absolute atomic E-state index is 12.3. The summed E-state index contributed by atoms with van der Waals surface area (Å²) < 4.78 is 26.1. The van der Waals surface area contributed by atoms with Crippen molar-refractivity contribution in [3.05, 3.63) is 35.4 Å². The summed E-state index contributed by atoms with van der Waals surface area (Å²) >= 11 is 0. The first kappa shape index (κ1) is 14.5. The molecular weight excluding hydrogens is 260 g/mol. The Labute approximate surface area is 115 Å². The van der Waals surface area contributed by atoms with Gasteiger partial charge in [0.05, 0.1) is 5.75 Å². The van der Waals surface area contributed by atoms with Crippen LogP contribution in [0.4, 0.5) is 0 Å². The molecule has 2 rings (SSSR count). The molecule has 4 nitrogen and oxygen atoms in total. The lowest BCUT2D eigenvalue weighted by Crippen LogP contribution is -2.40. The summed E-state index contributed by atoms with van der Waals surface area (Å²) in [7, 11) is -3.15. The van der Waals surface area contributed by atoms with Crippen molar-refractivity contribution in [2.75, 3.05) is 18.8 Å². The molecule has 0 saturated heterocycles. The third-order valence-corrected chi connectivity index (χ3v) is 5.22. The minimum Gasteiger partial charge on any atom is -0.313 e. The molecule has 0 aliphatic carbocycles. The predicted molar refractivity (Wildman–Crippen MR) is 77.5 cm³/mol. The van der Waals surface area contributed by atoms with Gasteiger partial charge in [-0.05, 0) is 17.5 Å². The van der Waals surface area contributed by atoms with Gasteiger partial charge in [-0.1, -0.05) is 38.1 Å². The van der Waals surface area contributed by atoms with Crippen molar-refractivity contribution < 1.29 is 8.42 Å². The van der Waals surface area contributed by atoms with Crippen molar-refractivity contribution in [2.45, 2.75) is 32.9 Å². The van der Waals surface area contributed by atoms with Gasteiger partial charge in [0.1, 0.15) is 0 Å². The molecule has 0 atom stereocenters. The van der Waals surface area contributed by atoms with Gasteiger partial charge in [-0.25, -0.2) is 8.42 Å². The van der Waals surface area contributed by atoms with E-state index in [0.29, 0.717) is 25.7 Å². The standard InChI is InChI=1S/C14H22N2O2S/c1-12(2)15-8-10-19(17,18)16-9-7-13-5-3-4-6-14(13)11-16/h3-6,12,15H,7-11H2,1-2H3. The van der Waals surface area contributed by atoms with Crippen molar-refractivity contribution in [1.29, 1.82) is 0 Å². The second-order valence-corrected chi connectivity index (χ2v) is 7.37. The molecule has 0 bridgehead atoms. The van der Waals surface area contributed by atoms with Gasteiger partial charge in [-0.2, -0.15) is 4.31 Å². The first-order valence-corrected chi connectivity index (χ1v) is 8.38. The molecule has 19 heavy (non-hydrogen) atoms. The van der Waals surface area contributed by atoms with Crippen LogP contribution in [-0.4, -0.2) is 37.6 Å². The van der Waals surface area contributed by atoms with E-state index in [2.05, 4.69) is 11.4 Å². The second kappa shape index (κ2) is 6.03. The van der Waals surface area contributed by atoms with Crippen LogP contribution < -0.4 is 5.32 Å². The molecule has 1 aliphatic heterocycles. The number of rotatable bonds is 5. The van der Waals surface area contributed by atoms with E-state index in [4.69, 9.17) is 0 Å². The zero-order valence-corrected chi connectivity index (χ0v) is 12.4. The fourth-order valence-corrected chi connectivity index (χ4v) is 3.65. The molecule has 1 aromatic carbocycles. The van der Waals surface area contributed by atoms with Crippen LogP contribution in [0.2, 0.25) is 0 Å². The maximum Gasteiger partial charge on any atom is 0.215 e. The monoisotopic (exact) mass is 282 g/mol. The zero-order valence-electron chi connectivity index (χ0n) is 11.6. The number of hydrogen-bond donors (Lipinski definition) is 1. The molecule has 0 aromatic heterocycles. The first-order valence-electron chi connectivity index (χ1n) is 6.77. The highest BCUT2D eigenvalue weighted by molar-refractivity contribution is 7.89. The number of nitrogens with zero attached hydrogens (tertiary/aromatic N) is 1. The van der Waals surface area contributed by atoms with E-state index in [-0.39, 0.29) is 5.75 Å². The van der Waals surface area contributed by atoms with E-state index < -0.39 is 10.0 Å². The Morgan fingerprint density at radius 2 is 1.95 bits per heavy atom. The van der Waals surface area contributed by atoms with Crippen molar-refractivity contribution in [2.24, 2.45) is 0 Å². The normalized spacial score (nSPS) is 16.6. The van der Waals surface area contributed by atoms with Crippen LogP contribution in [0.1, 0.15) is 25.0 Å². The first-order chi connectivity index (χ1) is 8.99. The lowest BCUT2D eigenvalue weighted by molar-refractivity contribution is 0.390. The molecule has 5 heteroatoms. The molecule has 106 valence electrons. The summed E-state index contributed by atoms with van der Waals surface area (Å²) in [6.07, 6.45) is 0.813. The smallest absolute Gasteiger partial charge is 0.215 e. The van der Waals surface area contributed by atoms with Crippen molar-refractivity contribution in [3.63, 3.8) is 0 Å². The SMILES string of the molecule is CC(C)NCCS(=O)(=O)N1CCc2ccccc2C1. The topological polar surface area (TPSA) is 49.4 Å². The Hall–Kier alpha value is -0.910. The maximum atomic E-state index is 12.3. The minimum absolute atomic E-state index is 0.174. The van der Waals surface area contributed by atoms with Crippen LogP contribution in [-0.2, 0) is 23.0 Å². The summed E-state index contributed by atoms with van der Waals surface area (Å²) in [6.45, 7) is 5.66. The summed E-state index contributed by atoms with van der Waals surface area (Å²) in [6, 6.07) is 8.39. The van der Waals surface area contributed by atoms with Gasteiger partial charge >= 0.3 is 0 Å². The summed E-state index contributed by atoms with van der Waals surface area (Å²) in [5.74, 6) is 0.174. The number of sulfonamides is 1. The van der Waals surface area contributed by atoms with Gasteiger partial charge in [0.15, 0.2) is 0 Å². The van der Waals surface area contributed by atoms with E-state index in [1.54, 1.807) is 4.31 Å². The van der Waals surface area contributed by atoms with Gasteiger partial charge in [-0.15, -0.1) is 0 Å². The number of nitrogens with one attached hydrogen (secondary N) is 1. The van der Waals surface area contributed by atoms with E-state index in [9.17, 15) is 8.42 Å². The second-order valence-electron chi connectivity index (χ2n) is 5.28. The van der Waals surface area contributed by atoms with Crippen molar-refractivity contribution >= 4 is 10.0 Å². The summed E-state index contributed by atoms with van der Waals surface area (Å²) in [5, 5.41) is 3.15. The summed E-state index contributed by atoms with van der Waals surface area (Å²) in [5.41, 5.74) is 2.41. The third kappa shape index (κ3) is 3.78. The average Bonchev–Trinajstić information content (AvgIpc) is 2.37. The van der Waals surface area contributed by atoms with Crippen LogP contribution in [0.15, 0.2) is 24.3 Å². The Kier molecular flexibility index (Phi) is 4.60. The number of benzene rings is 1. The quantitative estimate of drug-likeness (QED) is 0.887. The van der Waals surface area contributed by atoms with E-state index >= 15 is 0 Å². The molecule has 1 aliphatic rings. The molecule has 0 spiro atoms. The molecule has 1 aromatic rings. The van der Waals surface area contributed by atoms with Gasteiger partial charge in [0, 0.05) is 25.7 Å². The van der Waals surface area contributed by atoms with Crippen molar-refractivity contribution in [1.82, 2.24) is 9.62 Å². The lowest BCUT2D eigenvalue weighted by Gasteiger charge is -2.28. The Balaban J connectivity index is 1.99. The molecular formula is C14H22N2O2S. The van der Waals surface area contributed by atoms with Crippen LogP contribution in [0.3, 0.4) is 0 Å². The fraction of sp³-hybridized carbons (Fsp3) is 0.571. The van der Waals surface area contributed by atoms with Gasteiger partial charge in [-0.3, -0.25) is 0 Å². The van der Waals surface area contributed by atoms with E-state index in [1.807, 2.05) is 32.0 Å². The molecule has 1 N–H and O–H groups in total. The lowest BCUT2D eigenvalue weighted by atomic mass is 10.0. The third-order valence-electron chi connectivity index (χ3n) is 3.40. The predicted octanol–water partition coefficient (Wildman–Crippen LogP) is 1.37. The molecule has 1 heterocycles. The Morgan fingerprint density at radius 3 is 2.63 bits per heavy atom. The highest BCUT2D eigenvalue weighted by Crippen LogP contribution is 2.20. The van der Waals surface area contributed by atoms with Gasteiger partial charge < -0.3 is 5.32 Å². The van der Waals surface area contributed by atoms with Crippen LogP contribution >= 0.6 is 0 Å². The number of hydrogen-bond acceptors (Lipinski definition) is 3. The Morgan fingerprint density at radius 1 is 1.26 bits per heavy atom. The minimum atomic E-state index is -3.15. The Bertz CT molecular complexity index is 526. The van der Waals surface area contributed by atoms with E-state index in [0.717, 1.165) is 12.0 Å².